The molecule has 0 bridgehead atoms. The van der Waals surface area contributed by atoms with Crippen LogP contribution < -0.4 is 10.6 Å². The van der Waals surface area contributed by atoms with Crippen LogP contribution in [0.25, 0.3) is 0 Å². The summed E-state index contributed by atoms with van der Waals surface area (Å²) in [6.07, 6.45) is 0.937. The second-order valence-electron chi connectivity index (χ2n) is 4.16. The quantitative estimate of drug-likeness (QED) is 0.863. The molecule has 4 heteroatoms. The highest BCUT2D eigenvalue weighted by Gasteiger charge is 2.11. The molecule has 0 aliphatic carbocycles. The Balaban J connectivity index is 2.72. The lowest BCUT2D eigenvalue weighted by molar-refractivity contribution is 0.533. The van der Waals surface area contributed by atoms with Crippen LogP contribution in [0.4, 0.5) is 10.1 Å². The molecular weight excluding hydrogens is 227 g/mol. The van der Waals surface area contributed by atoms with Gasteiger partial charge in [-0.05, 0) is 37.1 Å². The van der Waals surface area contributed by atoms with Crippen molar-refractivity contribution in [2.75, 3.05) is 25.0 Å². The zero-order valence-electron chi connectivity index (χ0n) is 9.71. The topological polar surface area (TPSA) is 29.3 Å². The Kier molecular flexibility index (Phi) is 5.03. The third-order valence-corrected chi connectivity index (χ3v) is 2.80. The summed E-state index contributed by atoms with van der Waals surface area (Å²) in [5.41, 5.74) is 6.02. The van der Waals surface area contributed by atoms with Crippen molar-refractivity contribution >= 4 is 17.3 Å². The van der Waals surface area contributed by atoms with Gasteiger partial charge in [-0.1, -0.05) is 18.5 Å². The molecule has 0 aliphatic rings. The number of rotatable bonds is 5. The lowest BCUT2D eigenvalue weighted by Gasteiger charge is -2.23. The molecule has 90 valence electrons. The Labute approximate surface area is 101 Å². The lowest BCUT2D eigenvalue weighted by Crippen LogP contribution is -2.26. The molecule has 0 saturated heterocycles. The Morgan fingerprint density at radius 3 is 2.81 bits per heavy atom. The van der Waals surface area contributed by atoms with E-state index in [2.05, 4.69) is 6.92 Å². The van der Waals surface area contributed by atoms with Crippen molar-refractivity contribution in [2.45, 2.75) is 13.3 Å². The number of nitrogens with zero attached hydrogens (tertiary/aromatic N) is 1. The van der Waals surface area contributed by atoms with E-state index in [1.165, 1.54) is 6.07 Å². The van der Waals surface area contributed by atoms with Gasteiger partial charge in [-0.25, -0.2) is 4.39 Å². The highest BCUT2D eigenvalue weighted by molar-refractivity contribution is 6.30. The second-order valence-corrected chi connectivity index (χ2v) is 4.60. The first-order valence-corrected chi connectivity index (χ1v) is 5.78. The summed E-state index contributed by atoms with van der Waals surface area (Å²) in [5.74, 6) is 0.195. The maximum atomic E-state index is 13.5. The molecule has 0 heterocycles. The van der Waals surface area contributed by atoms with E-state index >= 15 is 0 Å². The molecule has 2 N–H and O–H groups in total. The molecule has 0 radical (unpaired) electrons. The van der Waals surface area contributed by atoms with Gasteiger partial charge in [0.2, 0.25) is 0 Å². The number of nitrogens with two attached hydrogens (primary N) is 1. The predicted octanol–water partition coefficient (Wildman–Crippen LogP) is 2.90. The molecule has 0 amide bonds. The standard InChI is InChI=1S/C12H18ClFN2/c1-9(5-6-15)8-16(2)12-7-10(13)3-4-11(12)14/h3-4,7,9H,5-6,8,15H2,1-2H3. The molecule has 1 unspecified atom stereocenters. The van der Waals surface area contributed by atoms with Crippen LogP contribution in [0.5, 0.6) is 0 Å². The largest absolute Gasteiger partial charge is 0.372 e. The molecule has 0 spiro atoms. The van der Waals surface area contributed by atoms with Crippen molar-refractivity contribution in [1.82, 2.24) is 0 Å². The fourth-order valence-electron chi connectivity index (χ4n) is 1.72. The van der Waals surface area contributed by atoms with Gasteiger partial charge in [-0.2, -0.15) is 0 Å². The molecule has 2 nitrogen and oxygen atoms in total. The van der Waals surface area contributed by atoms with Crippen molar-refractivity contribution in [2.24, 2.45) is 11.7 Å². The normalized spacial score (nSPS) is 12.6. The predicted molar refractivity (Wildman–Crippen MR) is 67.5 cm³/mol. The molecule has 0 aromatic heterocycles. The zero-order chi connectivity index (χ0) is 12.1. The van der Waals surface area contributed by atoms with Gasteiger partial charge >= 0.3 is 0 Å². The van der Waals surface area contributed by atoms with Crippen LogP contribution in [0.15, 0.2) is 18.2 Å². The molecule has 1 rings (SSSR count). The molecular formula is C12H18ClFN2. The molecule has 0 fully saturated rings. The Morgan fingerprint density at radius 2 is 2.19 bits per heavy atom. The first-order valence-electron chi connectivity index (χ1n) is 5.41. The minimum atomic E-state index is -0.244. The van der Waals surface area contributed by atoms with Crippen molar-refractivity contribution in [3.63, 3.8) is 0 Å². The van der Waals surface area contributed by atoms with Crippen LogP contribution in [0, 0.1) is 11.7 Å². The molecule has 1 aromatic rings. The third kappa shape index (κ3) is 3.65. The Bertz CT molecular complexity index is 344. The van der Waals surface area contributed by atoms with Gasteiger partial charge in [-0.3, -0.25) is 0 Å². The molecule has 1 aromatic carbocycles. The van der Waals surface area contributed by atoms with E-state index in [-0.39, 0.29) is 5.82 Å². The minimum absolute atomic E-state index is 0.244. The van der Waals surface area contributed by atoms with E-state index in [1.807, 2.05) is 11.9 Å². The highest BCUT2D eigenvalue weighted by Crippen LogP contribution is 2.23. The molecule has 1 atom stereocenters. The first-order chi connectivity index (χ1) is 7.54. The van der Waals surface area contributed by atoms with Crippen LogP contribution in [-0.2, 0) is 0 Å². The summed E-state index contributed by atoms with van der Waals surface area (Å²) in [6.45, 7) is 3.54. The number of anilines is 1. The van der Waals surface area contributed by atoms with E-state index in [1.54, 1.807) is 12.1 Å². The van der Waals surface area contributed by atoms with Crippen LogP contribution in [-0.4, -0.2) is 20.1 Å². The van der Waals surface area contributed by atoms with Crippen LogP contribution >= 0.6 is 11.6 Å². The van der Waals surface area contributed by atoms with Crippen LogP contribution in [0.2, 0.25) is 5.02 Å². The highest BCUT2D eigenvalue weighted by atomic mass is 35.5. The van der Waals surface area contributed by atoms with Crippen LogP contribution in [0.3, 0.4) is 0 Å². The van der Waals surface area contributed by atoms with Gasteiger partial charge in [0.25, 0.3) is 0 Å². The maximum Gasteiger partial charge on any atom is 0.146 e. The van der Waals surface area contributed by atoms with E-state index < -0.39 is 0 Å². The van der Waals surface area contributed by atoms with Gasteiger partial charge in [-0.15, -0.1) is 0 Å². The van der Waals surface area contributed by atoms with E-state index in [4.69, 9.17) is 17.3 Å². The average Bonchev–Trinajstić information content (AvgIpc) is 2.21. The summed E-state index contributed by atoms with van der Waals surface area (Å²) >= 11 is 5.85. The molecule has 0 aliphatic heterocycles. The summed E-state index contributed by atoms with van der Waals surface area (Å²) in [6, 6.07) is 4.59. The van der Waals surface area contributed by atoms with Gasteiger partial charge in [0, 0.05) is 18.6 Å². The van der Waals surface area contributed by atoms with Crippen molar-refractivity contribution in [1.29, 1.82) is 0 Å². The third-order valence-electron chi connectivity index (χ3n) is 2.56. The van der Waals surface area contributed by atoms with Gasteiger partial charge in [0.15, 0.2) is 0 Å². The minimum Gasteiger partial charge on any atom is -0.372 e. The van der Waals surface area contributed by atoms with E-state index in [9.17, 15) is 4.39 Å². The van der Waals surface area contributed by atoms with Gasteiger partial charge in [0.05, 0.1) is 5.69 Å². The summed E-state index contributed by atoms with van der Waals surface area (Å²) in [5, 5.41) is 0.551. The first kappa shape index (κ1) is 13.3. The van der Waals surface area contributed by atoms with Crippen molar-refractivity contribution in [3.05, 3.63) is 29.0 Å². The van der Waals surface area contributed by atoms with Gasteiger partial charge in [0.1, 0.15) is 5.82 Å². The number of hydrogen-bond donors (Lipinski definition) is 1. The number of halogens is 2. The van der Waals surface area contributed by atoms with Crippen LogP contribution in [0.1, 0.15) is 13.3 Å². The average molecular weight is 245 g/mol. The summed E-state index contributed by atoms with van der Waals surface area (Å²) in [7, 11) is 1.86. The summed E-state index contributed by atoms with van der Waals surface area (Å²) < 4.78 is 13.5. The lowest BCUT2D eigenvalue weighted by atomic mass is 10.1. The Hall–Kier alpha value is -0.800. The van der Waals surface area contributed by atoms with Gasteiger partial charge < -0.3 is 10.6 Å². The van der Waals surface area contributed by atoms with E-state index in [0.717, 1.165) is 13.0 Å². The second kappa shape index (κ2) is 6.06. The maximum absolute atomic E-state index is 13.5. The smallest absolute Gasteiger partial charge is 0.146 e. The SMILES string of the molecule is CC(CCN)CN(C)c1cc(Cl)ccc1F. The van der Waals surface area contributed by atoms with Crippen molar-refractivity contribution in [3.8, 4) is 0 Å². The fourth-order valence-corrected chi connectivity index (χ4v) is 1.89. The fraction of sp³-hybridized carbons (Fsp3) is 0.500. The monoisotopic (exact) mass is 244 g/mol. The number of benzene rings is 1. The number of hydrogen-bond acceptors (Lipinski definition) is 2. The Morgan fingerprint density at radius 1 is 1.50 bits per heavy atom. The zero-order valence-corrected chi connectivity index (χ0v) is 10.5. The van der Waals surface area contributed by atoms with Crippen molar-refractivity contribution < 1.29 is 4.39 Å². The summed E-state index contributed by atoms with van der Waals surface area (Å²) in [4.78, 5) is 1.88. The van der Waals surface area contributed by atoms with E-state index in [0.29, 0.717) is 23.2 Å². The molecule has 16 heavy (non-hydrogen) atoms. The molecule has 0 saturated carbocycles.